The maximum atomic E-state index is 9.45. The van der Waals surface area contributed by atoms with Crippen molar-refractivity contribution in [1.82, 2.24) is 14.8 Å². The molecule has 5 heteroatoms. The quantitative estimate of drug-likeness (QED) is 0.764. The minimum absolute atomic E-state index is 0.142. The van der Waals surface area contributed by atoms with Gasteiger partial charge in [0, 0.05) is 0 Å². The molecule has 2 aromatic rings. The summed E-state index contributed by atoms with van der Waals surface area (Å²) in [6, 6.07) is 9.50. The average Bonchev–Trinajstić information content (AvgIpc) is 2.83. The van der Waals surface area contributed by atoms with E-state index in [1.54, 1.807) is 11.0 Å². The highest BCUT2D eigenvalue weighted by atomic mass is 16.3. The summed E-state index contributed by atoms with van der Waals surface area (Å²) < 4.78 is 1.61. The molecule has 1 atom stereocenters. The molecule has 1 unspecified atom stereocenters. The Labute approximate surface area is 93.5 Å². The third-order valence-corrected chi connectivity index (χ3v) is 2.54. The zero-order valence-electron chi connectivity index (χ0n) is 8.82. The molecule has 16 heavy (non-hydrogen) atoms. The van der Waals surface area contributed by atoms with E-state index in [1.807, 2.05) is 30.3 Å². The first-order chi connectivity index (χ1) is 7.74. The molecule has 5 nitrogen and oxygen atoms in total. The maximum absolute atomic E-state index is 9.45. The van der Waals surface area contributed by atoms with Crippen molar-refractivity contribution in [3.63, 3.8) is 0 Å². The second-order valence-corrected chi connectivity index (χ2v) is 3.77. The van der Waals surface area contributed by atoms with E-state index in [0.717, 1.165) is 5.56 Å². The molecule has 2 rings (SSSR count). The zero-order valence-corrected chi connectivity index (χ0v) is 8.82. The fourth-order valence-corrected chi connectivity index (χ4v) is 1.61. The molecule has 0 aliphatic heterocycles. The summed E-state index contributed by atoms with van der Waals surface area (Å²) in [5.74, 6) is 0. The van der Waals surface area contributed by atoms with Gasteiger partial charge in [-0.2, -0.15) is 5.10 Å². The topological polar surface area (TPSA) is 77.0 Å². The second-order valence-electron chi connectivity index (χ2n) is 3.77. The molecule has 0 aliphatic carbocycles. The maximum Gasteiger partial charge on any atom is 0.137 e. The van der Waals surface area contributed by atoms with Crippen LogP contribution in [0.3, 0.4) is 0 Å². The predicted octanol–water partition coefficient (Wildman–Crippen LogP) is 0.125. The fraction of sp³-hybridized carbons (Fsp3) is 0.273. The molecule has 0 spiro atoms. The van der Waals surface area contributed by atoms with E-state index < -0.39 is 5.54 Å². The van der Waals surface area contributed by atoms with Crippen LogP contribution in [0.5, 0.6) is 0 Å². The Balaban J connectivity index is 2.26. The van der Waals surface area contributed by atoms with Gasteiger partial charge in [0.25, 0.3) is 0 Å². The lowest BCUT2D eigenvalue weighted by molar-refractivity contribution is 0.174. The molecular weight excluding hydrogens is 204 g/mol. The first-order valence-corrected chi connectivity index (χ1v) is 5.02. The Hall–Kier alpha value is -1.72. The van der Waals surface area contributed by atoms with Crippen LogP contribution in [0.2, 0.25) is 0 Å². The number of aliphatic hydroxyl groups is 1. The molecule has 0 fully saturated rings. The summed E-state index contributed by atoms with van der Waals surface area (Å²) in [6.07, 6.45) is 3.03. The van der Waals surface area contributed by atoms with E-state index in [1.165, 1.54) is 6.33 Å². The number of nitrogens with two attached hydrogens (primary N) is 1. The molecule has 0 bridgehead atoms. The summed E-state index contributed by atoms with van der Waals surface area (Å²) in [7, 11) is 0. The number of hydrogen-bond acceptors (Lipinski definition) is 4. The highest BCUT2D eigenvalue weighted by Crippen LogP contribution is 2.19. The highest BCUT2D eigenvalue weighted by molar-refractivity contribution is 5.23. The fourth-order valence-electron chi connectivity index (χ4n) is 1.61. The van der Waals surface area contributed by atoms with Gasteiger partial charge in [0.1, 0.15) is 12.7 Å². The Bertz CT molecular complexity index is 429. The van der Waals surface area contributed by atoms with Gasteiger partial charge in [-0.1, -0.05) is 30.3 Å². The first kappa shape index (κ1) is 10.8. The Kier molecular flexibility index (Phi) is 2.98. The molecule has 0 radical (unpaired) electrons. The lowest BCUT2D eigenvalue weighted by Crippen LogP contribution is -2.44. The summed E-state index contributed by atoms with van der Waals surface area (Å²) in [5.41, 5.74) is 6.23. The Morgan fingerprint density at radius 2 is 2.06 bits per heavy atom. The Morgan fingerprint density at radius 3 is 2.62 bits per heavy atom. The van der Waals surface area contributed by atoms with Crippen LogP contribution in [0.1, 0.15) is 5.56 Å². The first-order valence-electron chi connectivity index (χ1n) is 5.02. The SMILES string of the molecule is NC(CO)(Cn1cncn1)c1ccccc1. The molecule has 1 heterocycles. The van der Waals surface area contributed by atoms with Crippen molar-refractivity contribution < 1.29 is 5.11 Å². The third-order valence-electron chi connectivity index (χ3n) is 2.54. The molecule has 0 saturated heterocycles. The summed E-state index contributed by atoms with van der Waals surface area (Å²) in [6.45, 7) is 0.254. The van der Waals surface area contributed by atoms with Gasteiger partial charge in [-0.05, 0) is 5.56 Å². The lowest BCUT2D eigenvalue weighted by Gasteiger charge is -2.27. The summed E-state index contributed by atoms with van der Waals surface area (Å²) in [5, 5.41) is 13.4. The monoisotopic (exact) mass is 218 g/mol. The zero-order chi connectivity index (χ0) is 11.4. The molecule has 3 N–H and O–H groups in total. The van der Waals surface area contributed by atoms with Gasteiger partial charge in [-0.3, -0.25) is 4.68 Å². The van der Waals surface area contributed by atoms with Gasteiger partial charge < -0.3 is 10.8 Å². The van der Waals surface area contributed by atoms with Crippen molar-refractivity contribution in [2.75, 3.05) is 6.61 Å². The molecule has 1 aromatic heterocycles. The van der Waals surface area contributed by atoms with Crippen molar-refractivity contribution in [3.05, 3.63) is 48.5 Å². The largest absolute Gasteiger partial charge is 0.394 e. The van der Waals surface area contributed by atoms with Crippen molar-refractivity contribution in [3.8, 4) is 0 Å². The van der Waals surface area contributed by atoms with E-state index in [9.17, 15) is 5.11 Å². The number of aromatic nitrogens is 3. The van der Waals surface area contributed by atoms with Gasteiger partial charge in [0.2, 0.25) is 0 Å². The minimum atomic E-state index is -0.824. The number of hydrogen-bond donors (Lipinski definition) is 2. The number of nitrogens with zero attached hydrogens (tertiary/aromatic N) is 3. The van der Waals surface area contributed by atoms with E-state index in [2.05, 4.69) is 10.1 Å². The molecule has 0 saturated carbocycles. The molecule has 84 valence electrons. The van der Waals surface area contributed by atoms with Crippen molar-refractivity contribution in [1.29, 1.82) is 0 Å². The van der Waals surface area contributed by atoms with Gasteiger partial charge in [0.05, 0.1) is 18.7 Å². The normalized spacial score (nSPS) is 14.6. The lowest BCUT2D eigenvalue weighted by atomic mass is 9.92. The van der Waals surface area contributed by atoms with Gasteiger partial charge in [-0.15, -0.1) is 0 Å². The summed E-state index contributed by atoms with van der Waals surface area (Å²) >= 11 is 0. The predicted molar refractivity (Wildman–Crippen MR) is 59.4 cm³/mol. The highest BCUT2D eigenvalue weighted by Gasteiger charge is 2.27. The van der Waals surface area contributed by atoms with Gasteiger partial charge in [-0.25, -0.2) is 4.98 Å². The molecular formula is C11H14N4O. The number of benzene rings is 1. The van der Waals surface area contributed by atoms with Crippen LogP contribution in [0.4, 0.5) is 0 Å². The van der Waals surface area contributed by atoms with Crippen LogP contribution in [-0.2, 0) is 12.1 Å². The van der Waals surface area contributed by atoms with E-state index in [4.69, 9.17) is 5.73 Å². The van der Waals surface area contributed by atoms with E-state index in [0.29, 0.717) is 6.54 Å². The Morgan fingerprint density at radius 1 is 1.31 bits per heavy atom. The number of rotatable bonds is 4. The van der Waals surface area contributed by atoms with Crippen LogP contribution in [0.25, 0.3) is 0 Å². The average molecular weight is 218 g/mol. The molecule has 0 amide bonds. The van der Waals surface area contributed by atoms with Crippen molar-refractivity contribution in [2.45, 2.75) is 12.1 Å². The third kappa shape index (κ3) is 2.10. The van der Waals surface area contributed by atoms with Crippen molar-refractivity contribution >= 4 is 0 Å². The van der Waals surface area contributed by atoms with Crippen LogP contribution in [-0.4, -0.2) is 26.5 Å². The standard InChI is InChI=1S/C11H14N4O/c12-11(7-16,6-15-9-13-8-14-15)10-4-2-1-3-5-10/h1-5,8-9,16H,6-7,12H2. The van der Waals surface area contributed by atoms with Crippen molar-refractivity contribution in [2.24, 2.45) is 5.73 Å². The minimum Gasteiger partial charge on any atom is -0.394 e. The van der Waals surface area contributed by atoms with Crippen LogP contribution >= 0.6 is 0 Å². The van der Waals surface area contributed by atoms with Crippen LogP contribution in [0.15, 0.2) is 43.0 Å². The van der Waals surface area contributed by atoms with E-state index in [-0.39, 0.29) is 6.61 Å². The summed E-state index contributed by atoms with van der Waals surface area (Å²) in [4.78, 5) is 3.85. The van der Waals surface area contributed by atoms with Crippen LogP contribution < -0.4 is 5.73 Å². The number of aliphatic hydroxyl groups excluding tert-OH is 1. The second kappa shape index (κ2) is 4.42. The van der Waals surface area contributed by atoms with E-state index >= 15 is 0 Å². The van der Waals surface area contributed by atoms with Crippen LogP contribution in [0, 0.1) is 0 Å². The molecule has 0 aliphatic rings. The molecule has 1 aromatic carbocycles. The smallest absolute Gasteiger partial charge is 0.137 e. The van der Waals surface area contributed by atoms with Gasteiger partial charge in [0.15, 0.2) is 0 Å². The van der Waals surface area contributed by atoms with Gasteiger partial charge >= 0.3 is 0 Å².